The lowest BCUT2D eigenvalue weighted by Crippen LogP contribution is -2.58. The zero-order chi connectivity index (χ0) is 13.9. The molecule has 19 heavy (non-hydrogen) atoms. The van der Waals surface area contributed by atoms with Crippen LogP contribution >= 0.6 is 0 Å². The summed E-state index contributed by atoms with van der Waals surface area (Å²) in [7, 11) is 0. The van der Waals surface area contributed by atoms with E-state index in [-0.39, 0.29) is 10.8 Å². The summed E-state index contributed by atoms with van der Waals surface area (Å²) in [4.78, 5) is 0. The molecule has 106 valence electrons. The van der Waals surface area contributed by atoms with E-state index in [0.717, 1.165) is 0 Å². The maximum Gasteiger partial charge on any atom is 0.0355 e. The molecule has 0 aliphatic heterocycles. The monoisotopic (exact) mass is 260 g/mol. The van der Waals surface area contributed by atoms with Crippen LogP contribution in [0.1, 0.15) is 58.4 Å². The molecule has 0 bridgehead atoms. The fraction of sp³-hybridized carbons (Fsp3) is 0.647. The Morgan fingerprint density at radius 1 is 1.05 bits per heavy atom. The van der Waals surface area contributed by atoms with Crippen LogP contribution in [0.3, 0.4) is 0 Å². The van der Waals surface area contributed by atoms with Crippen LogP contribution in [0.15, 0.2) is 30.3 Å². The lowest BCUT2D eigenvalue weighted by molar-refractivity contribution is 0.120. The first-order chi connectivity index (χ1) is 9.00. The van der Waals surface area contributed by atoms with E-state index >= 15 is 0 Å². The maximum atomic E-state index is 5.96. The second-order valence-corrected chi connectivity index (χ2v) is 7.05. The molecule has 0 saturated heterocycles. The number of nitrogens with two attached hydrogens (primary N) is 1. The van der Waals surface area contributed by atoms with Gasteiger partial charge in [-0.25, -0.2) is 0 Å². The Morgan fingerprint density at radius 3 is 2.11 bits per heavy atom. The lowest BCUT2D eigenvalue weighted by atomic mass is 9.59. The third-order valence-corrected chi connectivity index (χ3v) is 4.68. The molecule has 2 heteroatoms. The summed E-state index contributed by atoms with van der Waals surface area (Å²) in [6, 6.07) is 11.3. The van der Waals surface area contributed by atoms with Crippen LogP contribution in [0.5, 0.6) is 0 Å². The smallest absolute Gasteiger partial charge is 0.0355 e. The van der Waals surface area contributed by atoms with Crippen molar-refractivity contribution in [3.63, 3.8) is 0 Å². The normalized spacial score (nSPS) is 21.1. The molecule has 3 N–H and O–H groups in total. The topological polar surface area (TPSA) is 38.0 Å². The molecule has 0 radical (unpaired) electrons. The van der Waals surface area contributed by atoms with Crippen LogP contribution in [0.25, 0.3) is 0 Å². The Balaban J connectivity index is 2.45. The molecule has 1 unspecified atom stereocenters. The predicted molar refractivity (Wildman–Crippen MR) is 81.8 cm³/mol. The molecule has 1 saturated carbocycles. The van der Waals surface area contributed by atoms with E-state index in [2.05, 4.69) is 56.5 Å². The third-order valence-electron chi connectivity index (χ3n) is 4.68. The lowest BCUT2D eigenvalue weighted by Gasteiger charge is -2.49. The molecular weight excluding hydrogens is 232 g/mol. The van der Waals surface area contributed by atoms with E-state index in [9.17, 15) is 0 Å². The summed E-state index contributed by atoms with van der Waals surface area (Å²) in [5.41, 5.74) is 4.94. The van der Waals surface area contributed by atoms with Gasteiger partial charge < -0.3 is 0 Å². The Hall–Kier alpha value is -0.860. The summed E-state index contributed by atoms with van der Waals surface area (Å²) in [5, 5.41) is 0. The number of rotatable bonds is 3. The largest absolute Gasteiger partial charge is 0.271 e. The minimum absolute atomic E-state index is 0.155. The average molecular weight is 260 g/mol. The summed E-state index contributed by atoms with van der Waals surface area (Å²) < 4.78 is 0. The van der Waals surface area contributed by atoms with Crippen molar-refractivity contribution in [2.75, 3.05) is 0 Å². The van der Waals surface area contributed by atoms with E-state index in [0.29, 0.717) is 6.04 Å². The molecule has 0 spiro atoms. The SMILES string of the molecule is CC(C)(C)C(NN)C1(c2ccccc2)CCCCC1. The summed E-state index contributed by atoms with van der Waals surface area (Å²) in [6.07, 6.45) is 6.45. The van der Waals surface area contributed by atoms with Gasteiger partial charge in [-0.2, -0.15) is 0 Å². The molecule has 1 fully saturated rings. The number of hydrazine groups is 1. The Morgan fingerprint density at radius 2 is 1.63 bits per heavy atom. The van der Waals surface area contributed by atoms with E-state index in [4.69, 9.17) is 5.84 Å². The van der Waals surface area contributed by atoms with E-state index in [1.165, 1.54) is 37.7 Å². The van der Waals surface area contributed by atoms with Gasteiger partial charge in [-0.1, -0.05) is 70.4 Å². The predicted octanol–water partition coefficient (Wildman–Crippen LogP) is 3.77. The van der Waals surface area contributed by atoms with Crippen molar-refractivity contribution >= 4 is 0 Å². The second-order valence-electron chi connectivity index (χ2n) is 7.05. The summed E-state index contributed by atoms with van der Waals surface area (Å²) in [5.74, 6) is 5.96. The highest BCUT2D eigenvalue weighted by atomic mass is 15.2. The third kappa shape index (κ3) is 2.85. The number of benzene rings is 1. The van der Waals surface area contributed by atoms with Crippen LogP contribution < -0.4 is 11.3 Å². The summed E-state index contributed by atoms with van der Waals surface area (Å²) >= 11 is 0. The fourth-order valence-corrected chi connectivity index (χ4v) is 3.94. The standard InChI is InChI=1S/C17H28N2/c1-16(2,3)15(19-18)17(12-8-5-9-13-17)14-10-6-4-7-11-14/h4,6-7,10-11,15,19H,5,8-9,12-13,18H2,1-3H3. The minimum atomic E-state index is 0.155. The molecule has 0 heterocycles. The van der Waals surface area contributed by atoms with Gasteiger partial charge in [-0.05, 0) is 23.8 Å². The van der Waals surface area contributed by atoms with Crippen molar-refractivity contribution in [1.29, 1.82) is 0 Å². The van der Waals surface area contributed by atoms with E-state index < -0.39 is 0 Å². The molecule has 1 aliphatic carbocycles. The van der Waals surface area contributed by atoms with Gasteiger partial charge in [0.2, 0.25) is 0 Å². The van der Waals surface area contributed by atoms with Crippen molar-refractivity contribution in [3.8, 4) is 0 Å². The number of hydrogen-bond donors (Lipinski definition) is 2. The zero-order valence-electron chi connectivity index (χ0n) is 12.6. The molecule has 2 rings (SSSR count). The fourth-order valence-electron chi connectivity index (χ4n) is 3.94. The maximum absolute atomic E-state index is 5.96. The molecule has 0 aromatic heterocycles. The number of nitrogens with one attached hydrogen (secondary N) is 1. The molecule has 0 amide bonds. The van der Waals surface area contributed by atoms with Crippen LogP contribution in [-0.2, 0) is 5.41 Å². The van der Waals surface area contributed by atoms with Gasteiger partial charge >= 0.3 is 0 Å². The van der Waals surface area contributed by atoms with Crippen LogP contribution in [0.4, 0.5) is 0 Å². The van der Waals surface area contributed by atoms with Gasteiger partial charge in [0.25, 0.3) is 0 Å². The van der Waals surface area contributed by atoms with Gasteiger partial charge in [-0.15, -0.1) is 0 Å². The quantitative estimate of drug-likeness (QED) is 0.641. The van der Waals surface area contributed by atoms with Crippen LogP contribution in [-0.4, -0.2) is 6.04 Å². The average Bonchev–Trinajstić information content (AvgIpc) is 2.40. The van der Waals surface area contributed by atoms with Gasteiger partial charge in [-0.3, -0.25) is 11.3 Å². The van der Waals surface area contributed by atoms with Gasteiger partial charge in [0.15, 0.2) is 0 Å². The highest BCUT2D eigenvalue weighted by Gasteiger charge is 2.45. The summed E-state index contributed by atoms with van der Waals surface area (Å²) in [6.45, 7) is 6.87. The van der Waals surface area contributed by atoms with Crippen molar-refractivity contribution in [2.45, 2.75) is 64.3 Å². The van der Waals surface area contributed by atoms with Crippen LogP contribution in [0.2, 0.25) is 0 Å². The van der Waals surface area contributed by atoms with E-state index in [1.807, 2.05) is 0 Å². The second kappa shape index (κ2) is 5.64. The highest BCUT2D eigenvalue weighted by molar-refractivity contribution is 5.29. The van der Waals surface area contributed by atoms with E-state index in [1.54, 1.807) is 0 Å². The van der Waals surface area contributed by atoms with Gasteiger partial charge in [0.1, 0.15) is 0 Å². The van der Waals surface area contributed by atoms with Crippen molar-refractivity contribution in [2.24, 2.45) is 11.3 Å². The first-order valence-electron chi connectivity index (χ1n) is 7.52. The Kier molecular flexibility index (Phi) is 4.32. The minimum Gasteiger partial charge on any atom is -0.271 e. The molecular formula is C17H28N2. The molecule has 1 aromatic rings. The Labute approximate surface area is 117 Å². The van der Waals surface area contributed by atoms with Crippen molar-refractivity contribution < 1.29 is 0 Å². The molecule has 1 aromatic carbocycles. The van der Waals surface area contributed by atoms with Gasteiger partial charge in [0.05, 0.1) is 0 Å². The molecule has 2 nitrogen and oxygen atoms in total. The first kappa shape index (κ1) is 14.5. The number of hydrogen-bond acceptors (Lipinski definition) is 2. The van der Waals surface area contributed by atoms with Crippen molar-refractivity contribution in [3.05, 3.63) is 35.9 Å². The Bertz CT molecular complexity index is 385. The van der Waals surface area contributed by atoms with Crippen LogP contribution in [0, 0.1) is 5.41 Å². The zero-order valence-corrected chi connectivity index (χ0v) is 12.6. The van der Waals surface area contributed by atoms with Crippen molar-refractivity contribution in [1.82, 2.24) is 5.43 Å². The van der Waals surface area contributed by atoms with Gasteiger partial charge in [0, 0.05) is 11.5 Å². The molecule has 1 aliphatic rings. The first-order valence-corrected chi connectivity index (χ1v) is 7.52. The highest BCUT2D eigenvalue weighted by Crippen LogP contribution is 2.46. The molecule has 1 atom stereocenters.